The van der Waals surface area contributed by atoms with Crippen molar-refractivity contribution in [1.82, 2.24) is 9.80 Å². The van der Waals surface area contributed by atoms with E-state index < -0.39 is 0 Å². The predicted octanol–water partition coefficient (Wildman–Crippen LogP) is 6.53. The standard InChI is InChI=1S/C17H26N2.2C2H6.I2/c1-3-18-12-17-11-16(18)13-19(17)10-4-5-15-8-6-14(2)7-9-15;3*1-2/h6-9,16-17H,3-5,10-13H2,1-2H3;2*1-2H3;. The van der Waals surface area contributed by atoms with E-state index in [1.54, 1.807) is 0 Å². The van der Waals surface area contributed by atoms with Gasteiger partial charge in [-0.15, -0.1) is 0 Å². The monoisotopic (exact) mass is 572 g/mol. The summed E-state index contributed by atoms with van der Waals surface area (Å²) in [4.78, 5) is 5.38. The van der Waals surface area contributed by atoms with Crippen molar-refractivity contribution in [3.05, 3.63) is 35.4 Å². The van der Waals surface area contributed by atoms with Crippen molar-refractivity contribution < 1.29 is 0 Å². The smallest absolute Gasteiger partial charge is 0.0239 e. The summed E-state index contributed by atoms with van der Waals surface area (Å²) in [5.74, 6) is 0. The van der Waals surface area contributed by atoms with Crippen molar-refractivity contribution in [2.24, 2.45) is 0 Å². The minimum absolute atomic E-state index is 0.850. The van der Waals surface area contributed by atoms with Gasteiger partial charge in [-0.3, -0.25) is 9.80 Å². The molecule has 2 bridgehead atoms. The van der Waals surface area contributed by atoms with Gasteiger partial charge in [0, 0.05) is 62.4 Å². The van der Waals surface area contributed by atoms with Crippen LogP contribution in [0.15, 0.2) is 24.3 Å². The second-order valence-electron chi connectivity index (χ2n) is 6.21. The Morgan fingerprint density at radius 1 is 0.920 bits per heavy atom. The van der Waals surface area contributed by atoms with Crippen molar-refractivity contribution >= 4 is 37.2 Å². The van der Waals surface area contributed by atoms with E-state index in [1.807, 2.05) is 27.7 Å². The maximum absolute atomic E-state index is 2.73. The summed E-state index contributed by atoms with van der Waals surface area (Å²) in [5, 5.41) is 0. The van der Waals surface area contributed by atoms with E-state index in [-0.39, 0.29) is 0 Å². The van der Waals surface area contributed by atoms with E-state index in [2.05, 4.69) is 85.1 Å². The molecule has 1 aromatic rings. The topological polar surface area (TPSA) is 6.48 Å². The fraction of sp³-hybridized carbons (Fsp3) is 0.714. The summed E-state index contributed by atoms with van der Waals surface area (Å²) in [7, 11) is 0. The third-order valence-electron chi connectivity index (χ3n) is 4.91. The molecule has 0 aromatic heterocycles. The molecule has 2 saturated heterocycles. The van der Waals surface area contributed by atoms with Gasteiger partial charge in [0.15, 0.2) is 0 Å². The SMILES string of the molecule is CC.CC.CCN1CC2CC1CN2CCCc1ccc(C)cc1.II. The zero-order chi connectivity index (χ0) is 19.2. The highest BCUT2D eigenvalue weighted by Gasteiger charge is 2.41. The second-order valence-corrected chi connectivity index (χ2v) is 6.21. The van der Waals surface area contributed by atoms with Gasteiger partial charge in [-0.25, -0.2) is 0 Å². The number of hydrogen-bond donors (Lipinski definition) is 0. The first-order valence-electron chi connectivity index (χ1n) is 9.94. The number of piperazine rings is 1. The van der Waals surface area contributed by atoms with E-state index in [4.69, 9.17) is 0 Å². The molecule has 0 N–H and O–H groups in total. The number of benzene rings is 1. The van der Waals surface area contributed by atoms with Crippen LogP contribution in [0.4, 0.5) is 0 Å². The highest BCUT2D eigenvalue weighted by atomic mass is 128. The van der Waals surface area contributed by atoms with E-state index in [0.717, 1.165) is 12.1 Å². The van der Waals surface area contributed by atoms with Gasteiger partial charge >= 0.3 is 0 Å². The Balaban J connectivity index is 0.000000871. The van der Waals surface area contributed by atoms with Crippen LogP contribution < -0.4 is 0 Å². The average molecular weight is 572 g/mol. The fourth-order valence-electron chi connectivity index (χ4n) is 3.73. The van der Waals surface area contributed by atoms with E-state index in [0.29, 0.717) is 0 Å². The predicted molar refractivity (Wildman–Crippen MR) is 131 cm³/mol. The molecule has 2 aliphatic rings. The lowest BCUT2D eigenvalue weighted by Gasteiger charge is -2.33. The normalized spacial score (nSPS) is 21.4. The molecule has 0 spiro atoms. The highest BCUT2D eigenvalue weighted by Crippen LogP contribution is 2.30. The molecule has 3 rings (SSSR count). The van der Waals surface area contributed by atoms with Crippen LogP contribution in [0.1, 0.15) is 58.6 Å². The Kier molecular flexibility index (Phi) is 16.0. The lowest BCUT2D eigenvalue weighted by Crippen LogP contribution is -2.46. The second kappa shape index (κ2) is 15.6. The highest BCUT2D eigenvalue weighted by molar-refractivity contribution is 15.0. The Hall–Kier alpha value is 0.600. The molecule has 0 radical (unpaired) electrons. The summed E-state index contributed by atoms with van der Waals surface area (Å²) in [6.45, 7) is 17.6. The molecule has 0 saturated carbocycles. The van der Waals surface area contributed by atoms with Crippen molar-refractivity contribution in [2.45, 2.75) is 72.9 Å². The molecule has 0 amide bonds. The van der Waals surface area contributed by atoms with E-state index in [9.17, 15) is 0 Å². The van der Waals surface area contributed by atoms with Crippen LogP contribution in [-0.4, -0.2) is 48.1 Å². The largest absolute Gasteiger partial charge is 0.298 e. The molecule has 0 aliphatic carbocycles. The van der Waals surface area contributed by atoms with Gasteiger partial charge in [0.2, 0.25) is 0 Å². The number of nitrogens with zero attached hydrogens (tertiary/aromatic N) is 2. The van der Waals surface area contributed by atoms with Crippen LogP contribution in [0.5, 0.6) is 0 Å². The Bertz CT molecular complexity index is 422. The molecule has 2 heterocycles. The number of rotatable bonds is 5. The molecule has 2 atom stereocenters. The maximum Gasteiger partial charge on any atom is 0.0239 e. The molecule has 4 heteroatoms. The average Bonchev–Trinajstić information content (AvgIpc) is 3.28. The van der Waals surface area contributed by atoms with Crippen LogP contribution in [-0.2, 0) is 6.42 Å². The molecule has 1 aromatic carbocycles. The van der Waals surface area contributed by atoms with Gasteiger partial charge in [0.1, 0.15) is 0 Å². The van der Waals surface area contributed by atoms with Crippen LogP contribution >= 0.6 is 37.2 Å². The lowest BCUT2D eigenvalue weighted by atomic mass is 10.1. The molecule has 2 fully saturated rings. The Labute approximate surface area is 180 Å². The van der Waals surface area contributed by atoms with E-state index >= 15 is 0 Å². The third-order valence-corrected chi connectivity index (χ3v) is 4.91. The molecule has 2 nitrogen and oxygen atoms in total. The lowest BCUT2D eigenvalue weighted by molar-refractivity contribution is 0.132. The van der Waals surface area contributed by atoms with Gasteiger partial charge in [-0.1, -0.05) is 64.4 Å². The third kappa shape index (κ3) is 8.43. The minimum atomic E-state index is 0.850. The van der Waals surface area contributed by atoms with Gasteiger partial charge in [-0.2, -0.15) is 0 Å². The number of likely N-dealkylation sites (N-methyl/N-ethyl adjacent to an activating group) is 1. The quantitative estimate of drug-likeness (QED) is 0.371. The molecular weight excluding hydrogens is 534 g/mol. The van der Waals surface area contributed by atoms with Crippen molar-refractivity contribution in [2.75, 3.05) is 26.2 Å². The van der Waals surface area contributed by atoms with Crippen LogP contribution in [0.3, 0.4) is 0 Å². The molecule has 25 heavy (non-hydrogen) atoms. The number of fused-ring (bicyclic) bond motifs is 2. The van der Waals surface area contributed by atoms with Gasteiger partial charge < -0.3 is 0 Å². The summed E-state index contributed by atoms with van der Waals surface area (Å²) in [5.41, 5.74) is 2.85. The maximum atomic E-state index is 2.73. The molecule has 2 aliphatic heterocycles. The molecule has 146 valence electrons. The molecule has 2 unspecified atom stereocenters. The Morgan fingerprint density at radius 2 is 1.44 bits per heavy atom. The van der Waals surface area contributed by atoms with Gasteiger partial charge in [-0.05, 0) is 44.8 Å². The van der Waals surface area contributed by atoms with Crippen molar-refractivity contribution in [3.8, 4) is 0 Å². The van der Waals surface area contributed by atoms with Crippen LogP contribution in [0.25, 0.3) is 0 Å². The zero-order valence-electron chi connectivity index (χ0n) is 17.1. The first-order valence-corrected chi connectivity index (χ1v) is 16.2. The molecular formula is C21H38I2N2. The number of aryl methyl sites for hydroxylation is 2. The zero-order valence-corrected chi connectivity index (χ0v) is 21.4. The van der Waals surface area contributed by atoms with Crippen LogP contribution in [0, 0.1) is 6.92 Å². The summed E-state index contributed by atoms with van der Waals surface area (Å²) >= 11 is 4.24. The Morgan fingerprint density at radius 3 is 1.92 bits per heavy atom. The van der Waals surface area contributed by atoms with E-state index in [1.165, 1.54) is 56.6 Å². The number of likely N-dealkylation sites (tertiary alicyclic amines) is 2. The number of halogens is 2. The fourth-order valence-corrected chi connectivity index (χ4v) is 3.73. The van der Waals surface area contributed by atoms with Gasteiger partial charge in [0.05, 0.1) is 0 Å². The van der Waals surface area contributed by atoms with Crippen molar-refractivity contribution in [3.63, 3.8) is 0 Å². The number of hydrogen-bond acceptors (Lipinski definition) is 2. The summed E-state index contributed by atoms with van der Waals surface area (Å²) in [6, 6.07) is 10.7. The minimum Gasteiger partial charge on any atom is -0.298 e. The van der Waals surface area contributed by atoms with Gasteiger partial charge in [0.25, 0.3) is 0 Å². The first kappa shape index (κ1) is 25.6. The van der Waals surface area contributed by atoms with Crippen molar-refractivity contribution in [1.29, 1.82) is 0 Å². The summed E-state index contributed by atoms with van der Waals surface area (Å²) in [6.07, 6.45) is 3.95. The summed E-state index contributed by atoms with van der Waals surface area (Å²) < 4.78 is 0. The van der Waals surface area contributed by atoms with Crippen LogP contribution in [0.2, 0.25) is 0 Å². The first-order chi connectivity index (χ1) is 12.3.